The quantitative estimate of drug-likeness (QED) is 0.185. The maximum atomic E-state index is 5.14. The van der Waals surface area contributed by atoms with Crippen molar-refractivity contribution in [3.8, 4) is 33.4 Å². The van der Waals surface area contributed by atoms with Crippen molar-refractivity contribution in [2.24, 2.45) is 0 Å². The first-order chi connectivity index (χ1) is 23.3. The Morgan fingerprint density at radius 3 is 1.51 bits per heavy atom. The number of hydrogen-bond acceptors (Lipinski definition) is 1. The van der Waals surface area contributed by atoms with E-state index in [1.54, 1.807) is 0 Å². The van der Waals surface area contributed by atoms with E-state index in [9.17, 15) is 0 Å². The van der Waals surface area contributed by atoms with Crippen LogP contribution in [0.4, 0.5) is 0 Å². The molecule has 10 rings (SSSR count). The SMILES string of the molecule is c1ccc2cc(-c3ccc(-c4ccc5c(c4)c4cc(-c6ccc7ccccc7c6)ccc4c4nc6ccccc6n54)cc3)ccc2c1. The predicted molar refractivity (Wildman–Crippen MR) is 199 cm³/mol. The van der Waals surface area contributed by atoms with Crippen molar-refractivity contribution in [1.29, 1.82) is 0 Å². The van der Waals surface area contributed by atoms with E-state index in [-0.39, 0.29) is 0 Å². The summed E-state index contributed by atoms with van der Waals surface area (Å²) in [6.45, 7) is 0. The van der Waals surface area contributed by atoms with E-state index < -0.39 is 0 Å². The first-order valence-electron chi connectivity index (χ1n) is 16.1. The Labute approximate surface area is 271 Å². The monoisotopic (exact) mass is 596 g/mol. The zero-order chi connectivity index (χ0) is 30.9. The van der Waals surface area contributed by atoms with Crippen LogP contribution in [0, 0.1) is 0 Å². The highest BCUT2D eigenvalue weighted by Crippen LogP contribution is 2.38. The normalized spacial score (nSPS) is 11.8. The standard InChI is InChI=1S/C45H28N2/c1-3-9-33-25-35(19-17-29(33)7-1)31-13-15-32(16-14-31)37-22-24-43-41(28-37)40-27-38(36-20-18-30-8-2-4-10-34(30)26-36)21-23-39(40)45-46-42-11-5-6-12-44(42)47(43)45/h1-28H. The van der Waals surface area contributed by atoms with Gasteiger partial charge < -0.3 is 0 Å². The third-order valence-electron chi connectivity index (χ3n) is 9.73. The Hall–Kier alpha value is -6.25. The van der Waals surface area contributed by atoms with Gasteiger partial charge in [0.2, 0.25) is 0 Å². The highest BCUT2D eigenvalue weighted by atomic mass is 15.0. The van der Waals surface area contributed by atoms with Crippen molar-refractivity contribution in [2.75, 3.05) is 0 Å². The van der Waals surface area contributed by atoms with Gasteiger partial charge >= 0.3 is 0 Å². The van der Waals surface area contributed by atoms with Crippen LogP contribution in [-0.2, 0) is 0 Å². The lowest BCUT2D eigenvalue weighted by Crippen LogP contribution is -1.93. The molecule has 0 fully saturated rings. The van der Waals surface area contributed by atoms with Crippen molar-refractivity contribution in [3.05, 3.63) is 170 Å². The number of aromatic nitrogens is 2. The average Bonchev–Trinajstić information content (AvgIpc) is 3.54. The summed E-state index contributed by atoms with van der Waals surface area (Å²) in [7, 11) is 0. The van der Waals surface area contributed by atoms with Crippen LogP contribution in [0.1, 0.15) is 0 Å². The number of benzene rings is 8. The van der Waals surface area contributed by atoms with Gasteiger partial charge in [-0.25, -0.2) is 4.98 Å². The molecule has 2 heterocycles. The zero-order valence-electron chi connectivity index (χ0n) is 25.6. The molecule has 47 heavy (non-hydrogen) atoms. The third-order valence-corrected chi connectivity index (χ3v) is 9.73. The van der Waals surface area contributed by atoms with E-state index in [1.807, 2.05) is 0 Å². The Bertz CT molecular complexity index is 2840. The van der Waals surface area contributed by atoms with Crippen LogP contribution in [0.2, 0.25) is 0 Å². The van der Waals surface area contributed by atoms with Crippen molar-refractivity contribution < 1.29 is 0 Å². The zero-order valence-corrected chi connectivity index (χ0v) is 25.6. The van der Waals surface area contributed by atoms with Gasteiger partial charge in [0.1, 0.15) is 5.65 Å². The topological polar surface area (TPSA) is 17.3 Å². The molecular formula is C45H28N2. The molecule has 0 aliphatic carbocycles. The summed E-state index contributed by atoms with van der Waals surface area (Å²) in [5.41, 5.74) is 11.6. The minimum atomic E-state index is 0.992. The average molecular weight is 597 g/mol. The van der Waals surface area contributed by atoms with Gasteiger partial charge in [-0.3, -0.25) is 4.40 Å². The van der Waals surface area contributed by atoms with Crippen LogP contribution < -0.4 is 0 Å². The fourth-order valence-electron chi connectivity index (χ4n) is 7.31. The number of rotatable bonds is 3. The van der Waals surface area contributed by atoms with Crippen LogP contribution >= 0.6 is 0 Å². The largest absolute Gasteiger partial charge is 0.292 e. The van der Waals surface area contributed by atoms with Gasteiger partial charge in [-0.05, 0) is 109 Å². The van der Waals surface area contributed by atoms with E-state index in [0.717, 1.165) is 27.6 Å². The maximum Gasteiger partial charge on any atom is 0.146 e. The van der Waals surface area contributed by atoms with E-state index in [0.29, 0.717) is 0 Å². The van der Waals surface area contributed by atoms with E-state index >= 15 is 0 Å². The van der Waals surface area contributed by atoms with Crippen LogP contribution in [0.15, 0.2) is 170 Å². The van der Waals surface area contributed by atoms with Crippen molar-refractivity contribution in [2.45, 2.75) is 0 Å². The molecule has 0 saturated heterocycles. The molecule has 10 aromatic rings. The van der Waals surface area contributed by atoms with Crippen LogP contribution in [0.3, 0.4) is 0 Å². The molecule has 0 N–H and O–H groups in total. The second-order valence-electron chi connectivity index (χ2n) is 12.5. The molecule has 0 unspecified atom stereocenters. The van der Waals surface area contributed by atoms with Gasteiger partial charge in [0, 0.05) is 10.8 Å². The Balaban J connectivity index is 1.16. The predicted octanol–water partition coefficient (Wildman–Crippen LogP) is 12.1. The second-order valence-corrected chi connectivity index (χ2v) is 12.5. The Kier molecular flexibility index (Phi) is 5.61. The minimum absolute atomic E-state index is 0.992. The molecule has 0 saturated carbocycles. The van der Waals surface area contributed by atoms with Gasteiger partial charge in [-0.2, -0.15) is 0 Å². The fraction of sp³-hybridized carbons (Fsp3) is 0. The summed E-state index contributed by atoms with van der Waals surface area (Å²) >= 11 is 0. The molecule has 2 aromatic heterocycles. The van der Waals surface area contributed by atoms with Gasteiger partial charge in [-0.15, -0.1) is 0 Å². The molecule has 2 nitrogen and oxygen atoms in total. The summed E-state index contributed by atoms with van der Waals surface area (Å²) in [6, 6.07) is 61.7. The number of nitrogens with zero attached hydrogens (tertiary/aromatic N) is 2. The summed E-state index contributed by atoms with van der Waals surface area (Å²) in [6.07, 6.45) is 0. The summed E-state index contributed by atoms with van der Waals surface area (Å²) in [4.78, 5) is 5.14. The van der Waals surface area contributed by atoms with E-state index in [1.165, 1.54) is 65.7 Å². The first kappa shape index (κ1) is 26.0. The lowest BCUT2D eigenvalue weighted by atomic mass is 9.95. The molecular weight excluding hydrogens is 569 g/mol. The number of imidazole rings is 1. The highest BCUT2D eigenvalue weighted by Gasteiger charge is 2.15. The molecule has 0 radical (unpaired) electrons. The maximum absolute atomic E-state index is 5.14. The summed E-state index contributed by atoms with van der Waals surface area (Å²) < 4.78 is 2.33. The van der Waals surface area contributed by atoms with E-state index in [4.69, 9.17) is 4.98 Å². The van der Waals surface area contributed by atoms with Gasteiger partial charge in [-0.1, -0.05) is 121 Å². The smallest absolute Gasteiger partial charge is 0.146 e. The Morgan fingerprint density at radius 2 is 0.809 bits per heavy atom. The van der Waals surface area contributed by atoms with Crippen molar-refractivity contribution in [3.63, 3.8) is 0 Å². The summed E-state index contributed by atoms with van der Waals surface area (Å²) in [5.74, 6) is 0. The van der Waals surface area contributed by atoms with E-state index in [2.05, 4.69) is 174 Å². The fourth-order valence-corrected chi connectivity index (χ4v) is 7.31. The molecule has 0 bridgehead atoms. The third kappa shape index (κ3) is 4.16. The van der Waals surface area contributed by atoms with Gasteiger partial charge in [0.15, 0.2) is 0 Å². The minimum Gasteiger partial charge on any atom is -0.292 e. The number of pyridine rings is 1. The van der Waals surface area contributed by atoms with Gasteiger partial charge in [0.25, 0.3) is 0 Å². The number of hydrogen-bond donors (Lipinski definition) is 0. The molecule has 0 atom stereocenters. The van der Waals surface area contributed by atoms with Crippen LogP contribution in [-0.4, -0.2) is 9.38 Å². The van der Waals surface area contributed by atoms with Crippen LogP contribution in [0.25, 0.3) is 93.3 Å². The molecule has 0 spiro atoms. The molecule has 0 aliphatic rings. The second kappa shape index (κ2) is 10.1. The lowest BCUT2D eigenvalue weighted by Gasteiger charge is -2.13. The van der Waals surface area contributed by atoms with Gasteiger partial charge in [0.05, 0.1) is 16.6 Å². The molecule has 2 heteroatoms. The highest BCUT2D eigenvalue weighted by molar-refractivity contribution is 6.15. The lowest BCUT2D eigenvalue weighted by molar-refractivity contribution is 1.31. The first-order valence-corrected chi connectivity index (χ1v) is 16.1. The molecule has 0 amide bonds. The van der Waals surface area contributed by atoms with Crippen LogP contribution in [0.5, 0.6) is 0 Å². The van der Waals surface area contributed by atoms with Crippen molar-refractivity contribution >= 4 is 59.9 Å². The molecule has 0 aliphatic heterocycles. The molecule has 218 valence electrons. The number of para-hydroxylation sites is 2. The Morgan fingerprint density at radius 1 is 0.319 bits per heavy atom. The molecule has 8 aromatic carbocycles. The summed E-state index contributed by atoms with van der Waals surface area (Å²) in [5, 5.41) is 8.61. The number of fused-ring (bicyclic) bond motifs is 10. The van der Waals surface area contributed by atoms with Crippen molar-refractivity contribution in [1.82, 2.24) is 9.38 Å².